The average Bonchev–Trinajstić information content (AvgIpc) is 2.70. The molecule has 0 heterocycles. The van der Waals surface area contributed by atoms with Gasteiger partial charge in [-0.3, -0.25) is 9.59 Å². The number of rotatable bonds is 10. The van der Waals surface area contributed by atoms with Gasteiger partial charge in [0.15, 0.2) is 0 Å². The molecular formula is C25H40N4O2. The van der Waals surface area contributed by atoms with Crippen LogP contribution in [0.3, 0.4) is 0 Å². The Morgan fingerprint density at radius 1 is 1.00 bits per heavy atom. The molecule has 0 aromatic heterocycles. The minimum absolute atomic E-state index is 0.379. The maximum Gasteiger partial charge on any atom is 0.213 e. The largest absolute Gasteiger partial charge is 0.376 e. The second-order valence-electron chi connectivity index (χ2n) is 8.40. The number of allylic oxidation sites excluding steroid dienone is 2. The van der Waals surface area contributed by atoms with Gasteiger partial charge in [-0.2, -0.15) is 0 Å². The molecule has 0 radical (unpaired) electrons. The Morgan fingerprint density at radius 2 is 1.58 bits per heavy atom. The van der Waals surface area contributed by atoms with Crippen LogP contribution in [-0.4, -0.2) is 57.9 Å². The highest BCUT2D eigenvalue weighted by Gasteiger charge is 2.11. The van der Waals surface area contributed by atoms with Gasteiger partial charge in [0.05, 0.1) is 22.8 Å². The molecule has 0 fully saturated rings. The minimum atomic E-state index is 0.379. The Morgan fingerprint density at radius 3 is 1.97 bits per heavy atom. The molecule has 0 aliphatic rings. The maximum absolute atomic E-state index is 10.7. The quantitative estimate of drug-likeness (QED) is 0.434. The fraction of sp³-hybridized carbons (Fsp3) is 0.440. The first-order valence-electron chi connectivity index (χ1n) is 10.3. The number of hydrogen-bond acceptors (Lipinski definition) is 4. The number of benzene rings is 1. The first-order valence-corrected chi connectivity index (χ1v) is 10.3. The van der Waals surface area contributed by atoms with Crippen LogP contribution in [0.5, 0.6) is 0 Å². The minimum Gasteiger partial charge on any atom is -0.376 e. The second-order valence-corrected chi connectivity index (χ2v) is 8.40. The number of nitrogens with zero attached hydrogens (tertiary/aromatic N) is 3. The molecule has 31 heavy (non-hydrogen) atoms. The van der Waals surface area contributed by atoms with Gasteiger partial charge in [-0.05, 0) is 35.6 Å². The van der Waals surface area contributed by atoms with Crippen molar-refractivity contribution in [3.05, 3.63) is 60.0 Å². The zero-order valence-electron chi connectivity index (χ0n) is 20.7. The summed E-state index contributed by atoms with van der Waals surface area (Å²) < 4.78 is 0. The molecule has 6 nitrogen and oxygen atoms in total. The lowest BCUT2D eigenvalue weighted by Crippen LogP contribution is -2.23. The Kier molecular flexibility index (Phi) is 12.0. The molecular weight excluding hydrogens is 388 g/mol. The van der Waals surface area contributed by atoms with E-state index in [1.165, 1.54) is 10.5 Å². The summed E-state index contributed by atoms with van der Waals surface area (Å²) in [6.45, 7) is 16.4. The lowest BCUT2D eigenvalue weighted by Gasteiger charge is -2.24. The number of amides is 2. The second kappa shape index (κ2) is 13.3. The Balaban J connectivity index is 0.000000581. The normalized spacial score (nSPS) is 10.7. The summed E-state index contributed by atoms with van der Waals surface area (Å²) in [7, 11) is 9.46. The van der Waals surface area contributed by atoms with E-state index in [0.29, 0.717) is 23.9 Å². The monoisotopic (exact) mass is 428 g/mol. The van der Waals surface area contributed by atoms with E-state index in [-0.39, 0.29) is 0 Å². The van der Waals surface area contributed by atoms with Gasteiger partial charge in [-0.25, -0.2) is 0 Å². The molecule has 6 heteroatoms. The van der Waals surface area contributed by atoms with Crippen LogP contribution in [0.2, 0.25) is 0 Å². The van der Waals surface area contributed by atoms with Crippen molar-refractivity contribution in [1.82, 2.24) is 9.80 Å². The van der Waals surface area contributed by atoms with Crippen molar-refractivity contribution in [3.8, 4) is 0 Å². The van der Waals surface area contributed by atoms with E-state index in [4.69, 9.17) is 0 Å². The molecule has 0 atom stereocenters. The first-order chi connectivity index (χ1) is 14.4. The van der Waals surface area contributed by atoms with E-state index < -0.39 is 0 Å². The third-order valence-electron chi connectivity index (χ3n) is 4.81. The zero-order valence-corrected chi connectivity index (χ0v) is 20.7. The summed E-state index contributed by atoms with van der Waals surface area (Å²) in [5.41, 5.74) is 5.74. The van der Waals surface area contributed by atoms with Gasteiger partial charge in [-0.1, -0.05) is 52.5 Å². The molecule has 0 saturated carbocycles. The molecule has 1 aromatic carbocycles. The Labute approximate surface area is 188 Å². The van der Waals surface area contributed by atoms with Crippen LogP contribution in [-0.2, 0) is 9.59 Å². The van der Waals surface area contributed by atoms with Gasteiger partial charge in [-0.15, -0.1) is 0 Å². The van der Waals surface area contributed by atoms with Crippen LogP contribution in [0.25, 0.3) is 0 Å². The topological polar surface area (TPSA) is 55.9 Å². The average molecular weight is 429 g/mol. The standard InChI is InChI=1S/C13H22N2O.C12H18N2O/c1-10(2)11(3)8-13(14(5)6)12(4)15(7)9-16;1-9(2)10-5-6-11(13-8-15)12(7-10)14(3)4/h8-10H,3-4H2,1-2,5-7H3;5-9H,1-4H3,(H,13,15)/b13-8+;. The highest BCUT2D eigenvalue weighted by molar-refractivity contribution is 5.81. The predicted octanol–water partition coefficient (Wildman–Crippen LogP) is 4.69. The van der Waals surface area contributed by atoms with Gasteiger partial charge in [0.2, 0.25) is 12.8 Å². The smallest absolute Gasteiger partial charge is 0.213 e. The summed E-state index contributed by atoms with van der Waals surface area (Å²) in [6.07, 6.45) is 3.42. The Hall–Kier alpha value is -3.02. The predicted molar refractivity (Wildman–Crippen MR) is 133 cm³/mol. The van der Waals surface area contributed by atoms with E-state index in [0.717, 1.165) is 29.1 Å². The lowest BCUT2D eigenvalue weighted by molar-refractivity contribution is -0.115. The summed E-state index contributed by atoms with van der Waals surface area (Å²) in [5, 5.41) is 2.70. The summed E-state index contributed by atoms with van der Waals surface area (Å²) >= 11 is 0. The number of likely N-dealkylation sites (N-methyl/N-ethyl adjacent to an activating group) is 2. The van der Waals surface area contributed by atoms with Gasteiger partial charge < -0.3 is 20.0 Å². The molecule has 172 valence electrons. The highest BCUT2D eigenvalue weighted by Crippen LogP contribution is 2.28. The Bertz CT molecular complexity index is 793. The van der Waals surface area contributed by atoms with Crippen molar-refractivity contribution in [1.29, 1.82) is 0 Å². The molecule has 0 aliphatic heterocycles. The summed E-state index contributed by atoms with van der Waals surface area (Å²) in [6, 6.07) is 6.10. The first kappa shape index (κ1) is 28.0. The number of hydrogen-bond donors (Lipinski definition) is 1. The molecule has 0 unspecified atom stereocenters. The summed E-state index contributed by atoms with van der Waals surface area (Å²) in [4.78, 5) is 26.5. The molecule has 1 N–H and O–H groups in total. The van der Waals surface area contributed by atoms with Crippen molar-refractivity contribution in [3.63, 3.8) is 0 Å². The molecule has 1 rings (SSSR count). The van der Waals surface area contributed by atoms with E-state index >= 15 is 0 Å². The van der Waals surface area contributed by atoms with E-state index in [9.17, 15) is 9.59 Å². The van der Waals surface area contributed by atoms with Gasteiger partial charge in [0, 0.05) is 35.2 Å². The molecule has 1 aromatic rings. The molecule has 2 amide bonds. The molecule has 0 aliphatic carbocycles. The van der Waals surface area contributed by atoms with Crippen molar-refractivity contribution in [2.24, 2.45) is 5.92 Å². The number of carbonyl (C=O) groups is 2. The van der Waals surface area contributed by atoms with Gasteiger partial charge in [0.1, 0.15) is 0 Å². The maximum atomic E-state index is 10.7. The van der Waals surface area contributed by atoms with Crippen LogP contribution in [0.1, 0.15) is 39.2 Å². The van der Waals surface area contributed by atoms with Crippen molar-refractivity contribution >= 4 is 24.2 Å². The SMILES string of the molecule is C=C(/C=C(\C(=C)N(C)C=O)N(C)C)C(C)C.CC(C)c1ccc(NC=O)c(N(C)C)c1. The van der Waals surface area contributed by atoms with Crippen LogP contribution < -0.4 is 10.2 Å². The van der Waals surface area contributed by atoms with Gasteiger partial charge >= 0.3 is 0 Å². The molecule has 0 bridgehead atoms. The van der Waals surface area contributed by atoms with Crippen LogP contribution >= 0.6 is 0 Å². The number of nitrogens with one attached hydrogen (secondary N) is 1. The number of anilines is 2. The third kappa shape index (κ3) is 9.11. The molecule has 0 saturated heterocycles. The summed E-state index contributed by atoms with van der Waals surface area (Å²) in [5.74, 6) is 0.873. The van der Waals surface area contributed by atoms with Gasteiger partial charge in [0.25, 0.3) is 0 Å². The van der Waals surface area contributed by atoms with Crippen molar-refractivity contribution < 1.29 is 9.59 Å². The third-order valence-corrected chi connectivity index (χ3v) is 4.81. The van der Waals surface area contributed by atoms with E-state index in [1.54, 1.807) is 7.05 Å². The van der Waals surface area contributed by atoms with Crippen LogP contribution in [0.4, 0.5) is 11.4 Å². The van der Waals surface area contributed by atoms with Crippen molar-refractivity contribution in [2.75, 3.05) is 45.5 Å². The lowest BCUT2D eigenvalue weighted by atomic mass is 10.0. The van der Waals surface area contributed by atoms with E-state index in [1.807, 2.05) is 56.2 Å². The molecule has 0 spiro atoms. The van der Waals surface area contributed by atoms with E-state index in [2.05, 4.69) is 52.2 Å². The van der Waals surface area contributed by atoms with Crippen LogP contribution in [0.15, 0.2) is 54.4 Å². The zero-order chi connectivity index (χ0) is 24.3. The van der Waals surface area contributed by atoms with Crippen molar-refractivity contribution in [2.45, 2.75) is 33.6 Å². The van der Waals surface area contributed by atoms with Crippen LogP contribution in [0, 0.1) is 5.92 Å². The number of carbonyl (C=O) groups excluding carboxylic acids is 2. The fourth-order valence-corrected chi connectivity index (χ4v) is 2.52. The fourth-order valence-electron chi connectivity index (χ4n) is 2.52. The highest BCUT2D eigenvalue weighted by atomic mass is 16.1.